The molecule has 4 heterocycles. The molecule has 0 aliphatic carbocycles. The van der Waals surface area contributed by atoms with Crippen LogP contribution in [0, 0.1) is 0 Å². The Morgan fingerprint density at radius 1 is 0.431 bits per heavy atom. The van der Waals surface area contributed by atoms with Crippen molar-refractivity contribution in [3.63, 3.8) is 0 Å². The Hall–Kier alpha value is -6.63. The monoisotopic (exact) mass is 670 g/mol. The Labute approximate surface area is 295 Å². The van der Waals surface area contributed by atoms with Crippen LogP contribution >= 0.6 is 11.3 Å². The van der Waals surface area contributed by atoms with E-state index in [0.717, 1.165) is 44.3 Å². The zero-order valence-electron chi connectivity index (χ0n) is 27.1. The number of para-hydroxylation sites is 2. The summed E-state index contributed by atoms with van der Waals surface area (Å²) >= 11 is 1.85. The van der Waals surface area contributed by atoms with E-state index in [1.165, 1.54) is 42.0 Å². The number of hydrogen-bond acceptors (Lipinski definition) is 5. The van der Waals surface area contributed by atoms with Gasteiger partial charge in [-0.05, 0) is 54.6 Å². The number of thiophene rings is 1. The van der Waals surface area contributed by atoms with Crippen LogP contribution in [-0.4, -0.2) is 19.5 Å². The first-order valence-corrected chi connectivity index (χ1v) is 17.8. The van der Waals surface area contributed by atoms with E-state index in [0.29, 0.717) is 17.5 Å². The van der Waals surface area contributed by atoms with Gasteiger partial charge >= 0.3 is 0 Å². The molecule has 6 heteroatoms. The van der Waals surface area contributed by atoms with Crippen molar-refractivity contribution in [2.75, 3.05) is 0 Å². The predicted molar refractivity (Wildman–Crippen MR) is 211 cm³/mol. The lowest BCUT2D eigenvalue weighted by Gasteiger charge is -2.11. The van der Waals surface area contributed by atoms with Gasteiger partial charge < -0.3 is 8.98 Å². The molecule has 0 saturated carbocycles. The summed E-state index contributed by atoms with van der Waals surface area (Å²) in [7, 11) is 0. The van der Waals surface area contributed by atoms with Gasteiger partial charge in [0.15, 0.2) is 17.5 Å². The van der Waals surface area contributed by atoms with Crippen LogP contribution in [0.2, 0.25) is 0 Å². The summed E-state index contributed by atoms with van der Waals surface area (Å²) in [6.45, 7) is 0. The average molecular weight is 671 g/mol. The van der Waals surface area contributed by atoms with Crippen molar-refractivity contribution in [1.29, 1.82) is 0 Å². The summed E-state index contributed by atoms with van der Waals surface area (Å²) in [6.07, 6.45) is 0. The number of benzene rings is 7. The lowest BCUT2D eigenvalue weighted by molar-refractivity contribution is 0.669. The largest absolute Gasteiger partial charge is 0.456 e. The van der Waals surface area contributed by atoms with Crippen LogP contribution < -0.4 is 0 Å². The van der Waals surface area contributed by atoms with Crippen molar-refractivity contribution in [3.05, 3.63) is 158 Å². The van der Waals surface area contributed by atoms with E-state index < -0.39 is 0 Å². The molecule has 0 spiro atoms. The number of fused-ring (bicyclic) bond motifs is 10. The molecule has 0 atom stereocenters. The van der Waals surface area contributed by atoms with Gasteiger partial charge in [-0.1, -0.05) is 103 Å². The second-order valence-electron chi connectivity index (χ2n) is 12.8. The Balaban J connectivity index is 1.12. The zero-order chi connectivity index (χ0) is 33.5. The lowest BCUT2D eigenvalue weighted by Crippen LogP contribution is -2.01. The van der Waals surface area contributed by atoms with E-state index in [1.807, 2.05) is 72.0 Å². The maximum absolute atomic E-state index is 6.23. The summed E-state index contributed by atoms with van der Waals surface area (Å²) in [5, 5.41) is 7.11. The molecule has 0 saturated heterocycles. The molecule has 0 aliphatic heterocycles. The molecule has 0 amide bonds. The van der Waals surface area contributed by atoms with E-state index in [1.54, 1.807) is 0 Å². The summed E-state index contributed by atoms with van der Waals surface area (Å²) in [4.78, 5) is 15.2. The normalized spacial score (nSPS) is 11.9. The molecule has 238 valence electrons. The van der Waals surface area contributed by atoms with E-state index in [4.69, 9.17) is 19.4 Å². The number of aromatic nitrogens is 4. The Kier molecular flexibility index (Phi) is 6.05. The minimum Gasteiger partial charge on any atom is -0.456 e. The maximum atomic E-state index is 6.23. The quantitative estimate of drug-likeness (QED) is 0.187. The molecule has 0 bridgehead atoms. The fraction of sp³-hybridized carbons (Fsp3) is 0. The third-order valence-corrected chi connectivity index (χ3v) is 11.0. The Morgan fingerprint density at radius 2 is 1.10 bits per heavy atom. The number of hydrogen-bond donors (Lipinski definition) is 0. The molecule has 0 radical (unpaired) electrons. The molecule has 0 unspecified atom stereocenters. The molecule has 5 nitrogen and oxygen atoms in total. The summed E-state index contributed by atoms with van der Waals surface area (Å²) < 4.78 is 11.2. The third kappa shape index (κ3) is 4.30. The van der Waals surface area contributed by atoms with Crippen molar-refractivity contribution in [2.45, 2.75) is 0 Å². The van der Waals surface area contributed by atoms with Crippen molar-refractivity contribution >= 4 is 75.3 Å². The van der Waals surface area contributed by atoms with Crippen LogP contribution in [0.3, 0.4) is 0 Å². The topological polar surface area (TPSA) is 56.7 Å². The van der Waals surface area contributed by atoms with Crippen LogP contribution in [0.1, 0.15) is 0 Å². The minimum atomic E-state index is 0.606. The highest BCUT2D eigenvalue weighted by Gasteiger charge is 2.20. The fourth-order valence-corrected chi connectivity index (χ4v) is 8.70. The first-order chi connectivity index (χ1) is 25.3. The van der Waals surface area contributed by atoms with E-state index in [-0.39, 0.29) is 0 Å². The Bertz CT molecular complexity index is 3140. The first kappa shape index (κ1) is 28.2. The van der Waals surface area contributed by atoms with Crippen molar-refractivity contribution < 1.29 is 4.42 Å². The average Bonchev–Trinajstić information content (AvgIpc) is 3.87. The van der Waals surface area contributed by atoms with Gasteiger partial charge in [-0.3, -0.25) is 0 Å². The van der Waals surface area contributed by atoms with Crippen LogP contribution in [0.5, 0.6) is 0 Å². The minimum absolute atomic E-state index is 0.606. The van der Waals surface area contributed by atoms with Gasteiger partial charge in [0.2, 0.25) is 0 Å². The molecule has 51 heavy (non-hydrogen) atoms. The lowest BCUT2D eigenvalue weighted by atomic mass is 10.1. The highest BCUT2D eigenvalue weighted by Crippen LogP contribution is 2.43. The SMILES string of the molecule is c1ccc(-c2nc(-c3ccc(-n4c5ccccc5c5ccc6sc7ccccc7c6c54)cc3)nc(-c3cccc4oc5ccccc5c34)n2)cc1. The molecule has 0 aliphatic rings. The molecular weight excluding hydrogens is 645 g/mol. The Morgan fingerprint density at radius 3 is 1.94 bits per heavy atom. The molecule has 0 fully saturated rings. The van der Waals surface area contributed by atoms with Gasteiger partial charge in [-0.25, -0.2) is 15.0 Å². The van der Waals surface area contributed by atoms with Crippen LogP contribution in [0.4, 0.5) is 0 Å². The molecular formula is C45H26N4OS. The van der Waals surface area contributed by atoms with Gasteiger partial charge in [0.25, 0.3) is 0 Å². The molecule has 0 N–H and O–H groups in total. The highest BCUT2D eigenvalue weighted by atomic mass is 32.1. The number of nitrogens with zero attached hydrogens (tertiary/aromatic N) is 4. The predicted octanol–water partition coefficient (Wildman–Crippen LogP) is 12.2. The second kappa shape index (κ2) is 10.9. The molecule has 7 aromatic carbocycles. The highest BCUT2D eigenvalue weighted by molar-refractivity contribution is 7.26. The second-order valence-corrected chi connectivity index (χ2v) is 13.9. The standard InChI is InChI=1S/C45H26N4OS/c1-2-11-27(12-3-1)43-46-44(48-45(47-43)34-16-10-19-37-40(34)32-14-5-8-18-36(32)50-37)28-21-23-29(24-22-28)49-35-17-7-4-13-30(35)31-25-26-39-41(42(31)49)33-15-6-9-20-38(33)51-39/h1-26H. The summed E-state index contributed by atoms with van der Waals surface area (Å²) in [5.41, 5.74) is 7.89. The van der Waals surface area contributed by atoms with Gasteiger partial charge in [0.1, 0.15) is 11.2 Å². The van der Waals surface area contributed by atoms with Gasteiger partial charge in [0.05, 0.1) is 11.0 Å². The maximum Gasteiger partial charge on any atom is 0.164 e. The first-order valence-electron chi connectivity index (χ1n) is 16.9. The van der Waals surface area contributed by atoms with E-state index in [9.17, 15) is 0 Å². The van der Waals surface area contributed by atoms with Crippen LogP contribution in [0.25, 0.3) is 104 Å². The number of rotatable bonds is 4. The third-order valence-electron chi connectivity index (χ3n) is 9.87. The zero-order valence-corrected chi connectivity index (χ0v) is 27.9. The van der Waals surface area contributed by atoms with Gasteiger partial charge in [-0.2, -0.15) is 0 Å². The smallest absolute Gasteiger partial charge is 0.164 e. The van der Waals surface area contributed by atoms with Crippen molar-refractivity contribution in [2.24, 2.45) is 0 Å². The van der Waals surface area contributed by atoms with Crippen LogP contribution in [-0.2, 0) is 0 Å². The van der Waals surface area contributed by atoms with E-state index >= 15 is 0 Å². The molecule has 11 aromatic rings. The summed E-state index contributed by atoms with van der Waals surface area (Å²) in [6, 6.07) is 54.9. The van der Waals surface area contributed by atoms with Crippen molar-refractivity contribution in [1.82, 2.24) is 19.5 Å². The van der Waals surface area contributed by atoms with Gasteiger partial charge in [0, 0.05) is 64.1 Å². The number of furan rings is 1. The van der Waals surface area contributed by atoms with E-state index in [2.05, 4.69) is 102 Å². The van der Waals surface area contributed by atoms with Crippen molar-refractivity contribution in [3.8, 4) is 39.9 Å². The molecule has 4 aromatic heterocycles. The van der Waals surface area contributed by atoms with Gasteiger partial charge in [-0.15, -0.1) is 11.3 Å². The summed E-state index contributed by atoms with van der Waals surface area (Å²) in [5.74, 6) is 1.84. The molecule has 11 rings (SSSR count). The van der Waals surface area contributed by atoms with Crippen LogP contribution in [0.15, 0.2) is 162 Å². The fourth-order valence-electron chi connectivity index (χ4n) is 7.60.